The molecule has 7 heteroatoms. The molecule has 6 nitrogen and oxygen atoms in total. The summed E-state index contributed by atoms with van der Waals surface area (Å²) in [5.74, 6) is -0.789. The van der Waals surface area contributed by atoms with Gasteiger partial charge in [0.05, 0.1) is 5.56 Å². The third-order valence-electron chi connectivity index (χ3n) is 4.51. The minimum atomic E-state index is -0.517. The molecular weight excluding hydrogens is 471 g/mol. The van der Waals surface area contributed by atoms with Crippen molar-refractivity contribution in [3.63, 3.8) is 0 Å². The molecule has 146 valence electrons. The number of halogens is 1. The highest BCUT2D eigenvalue weighted by molar-refractivity contribution is 14.1. The Bertz CT molecular complexity index is 861. The van der Waals surface area contributed by atoms with Gasteiger partial charge >= 0.3 is 5.97 Å². The average Bonchev–Trinajstić information content (AvgIpc) is 3.25. The second-order valence-corrected chi connectivity index (χ2v) is 7.68. The largest absolute Gasteiger partial charge is 0.460 e. The van der Waals surface area contributed by atoms with Crippen molar-refractivity contribution < 1.29 is 19.1 Å². The molecule has 1 N–H and O–H groups in total. The molecule has 0 saturated carbocycles. The third kappa shape index (κ3) is 5.31. The number of likely N-dealkylation sites (tertiary alicyclic amines) is 1. The second kappa shape index (κ2) is 9.68. The van der Waals surface area contributed by atoms with Crippen molar-refractivity contribution in [1.29, 1.82) is 0 Å². The van der Waals surface area contributed by atoms with Crippen molar-refractivity contribution in [3.05, 3.63) is 68.8 Å². The molecule has 0 aliphatic carbocycles. The zero-order valence-electron chi connectivity index (χ0n) is 15.3. The number of esters is 1. The van der Waals surface area contributed by atoms with E-state index in [9.17, 15) is 14.4 Å². The van der Waals surface area contributed by atoms with Crippen LogP contribution in [0, 0.1) is 3.57 Å². The van der Waals surface area contributed by atoms with Crippen molar-refractivity contribution in [2.75, 3.05) is 19.6 Å². The van der Waals surface area contributed by atoms with E-state index in [1.807, 2.05) is 17.0 Å². The van der Waals surface area contributed by atoms with Crippen LogP contribution in [0.25, 0.3) is 0 Å². The second-order valence-electron chi connectivity index (χ2n) is 6.52. The van der Waals surface area contributed by atoms with Crippen molar-refractivity contribution in [2.45, 2.75) is 19.4 Å². The number of amides is 2. The van der Waals surface area contributed by atoms with E-state index >= 15 is 0 Å². The van der Waals surface area contributed by atoms with Crippen LogP contribution in [-0.2, 0) is 16.1 Å². The highest BCUT2D eigenvalue weighted by Gasteiger charge is 2.19. The van der Waals surface area contributed by atoms with E-state index in [0.29, 0.717) is 11.1 Å². The number of rotatable bonds is 6. The number of nitrogens with zero attached hydrogens (tertiary/aromatic N) is 1. The standard InChI is InChI=1S/C21H21IN2O4/c22-18-6-2-1-5-17(18)20(26)23-13-19(25)28-14-15-7-9-16(10-8-15)21(27)24-11-3-4-12-24/h1-2,5-10H,3-4,11-14H2,(H,23,26). The lowest BCUT2D eigenvalue weighted by molar-refractivity contribution is -0.143. The normalized spacial score (nSPS) is 13.2. The van der Waals surface area contributed by atoms with Gasteiger partial charge in [-0.15, -0.1) is 0 Å². The van der Waals surface area contributed by atoms with Crippen LogP contribution in [0.3, 0.4) is 0 Å². The van der Waals surface area contributed by atoms with Gasteiger partial charge in [0, 0.05) is 22.2 Å². The first-order valence-electron chi connectivity index (χ1n) is 9.11. The molecule has 2 amide bonds. The number of hydrogen-bond donors (Lipinski definition) is 1. The van der Waals surface area contributed by atoms with E-state index in [-0.39, 0.29) is 25.0 Å². The van der Waals surface area contributed by atoms with Crippen molar-refractivity contribution in [2.24, 2.45) is 0 Å². The van der Waals surface area contributed by atoms with Crippen LogP contribution in [0.15, 0.2) is 48.5 Å². The van der Waals surface area contributed by atoms with Gasteiger partial charge in [-0.2, -0.15) is 0 Å². The Morgan fingerprint density at radius 3 is 2.36 bits per heavy atom. The first-order valence-corrected chi connectivity index (χ1v) is 10.2. The molecule has 1 heterocycles. The Balaban J connectivity index is 1.45. The fraction of sp³-hybridized carbons (Fsp3) is 0.286. The predicted octanol–water partition coefficient (Wildman–Crippen LogP) is 3.00. The number of ether oxygens (including phenoxy) is 1. The van der Waals surface area contributed by atoms with E-state index in [1.165, 1.54) is 0 Å². The minimum absolute atomic E-state index is 0.0410. The fourth-order valence-corrected chi connectivity index (χ4v) is 3.59. The van der Waals surface area contributed by atoms with Crippen LogP contribution in [0.1, 0.15) is 39.1 Å². The first-order chi connectivity index (χ1) is 13.5. The molecule has 0 aromatic heterocycles. The number of carbonyl (C=O) groups excluding carboxylic acids is 3. The molecule has 0 unspecified atom stereocenters. The Kier molecular flexibility index (Phi) is 7.02. The molecule has 1 saturated heterocycles. The van der Waals surface area contributed by atoms with Crippen LogP contribution in [0.2, 0.25) is 0 Å². The molecule has 0 spiro atoms. The van der Waals surface area contributed by atoms with E-state index in [2.05, 4.69) is 27.9 Å². The summed E-state index contributed by atoms with van der Waals surface area (Å²) in [6, 6.07) is 14.2. The quantitative estimate of drug-likeness (QED) is 0.497. The summed E-state index contributed by atoms with van der Waals surface area (Å²) in [5, 5.41) is 2.56. The molecule has 3 rings (SSSR count). The Hall–Kier alpha value is -2.42. The van der Waals surface area contributed by atoms with E-state index in [0.717, 1.165) is 35.1 Å². The van der Waals surface area contributed by atoms with Crippen LogP contribution in [0.4, 0.5) is 0 Å². The number of hydrogen-bond acceptors (Lipinski definition) is 4. The van der Waals surface area contributed by atoms with Crippen LogP contribution in [-0.4, -0.2) is 42.3 Å². The molecule has 1 fully saturated rings. The monoisotopic (exact) mass is 492 g/mol. The van der Waals surface area contributed by atoms with Gasteiger partial charge in [0.1, 0.15) is 13.2 Å². The SMILES string of the molecule is O=C(CNC(=O)c1ccccc1I)OCc1ccc(C(=O)N2CCCC2)cc1. The topological polar surface area (TPSA) is 75.7 Å². The lowest BCUT2D eigenvalue weighted by Crippen LogP contribution is -2.31. The maximum Gasteiger partial charge on any atom is 0.325 e. The van der Waals surface area contributed by atoms with Gasteiger partial charge in [0.25, 0.3) is 11.8 Å². The van der Waals surface area contributed by atoms with Gasteiger partial charge in [0.2, 0.25) is 0 Å². The summed E-state index contributed by atoms with van der Waals surface area (Å²) in [5.41, 5.74) is 1.95. The van der Waals surface area contributed by atoms with E-state index in [1.54, 1.807) is 36.4 Å². The molecule has 0 radical (unpaired) electrons. The van der Waals surface area contributed by atoms with Gasteiger partial charge < -0.3 is 15.0 Å². The summed E-state index contributed by atoms with van der Waals surface area (Å²) < 4.78 is 6.01. The van der Waals surface area contributed by atoms with E-state index < -0.39 is 5.97 Å². The van der Waals surface area contributed by atoms with Gasteiger partial charge in [-0.25, -0.2) is 0 Å². The Morgan fingerprint density at radius 1 is 1.00 bits per heavy atom. The zero-order chi connectivity index (χ0) is 19.9. The smallest absolute Gasteiger partial charge is 0.325 e. The lowest BCUT2D eigenvalue weighted by atomic mass is 10.1. The Morgan fingerprint density at radius 2 is 1.68 bits per heavy atom. The fourth-order valence-electron chi connectivity index (χ4n) is 2.95. The molecular formula is C21H21IN2O4. The maximum absolute atomic E-state index is 12.3. The summed E-state index contributed by atoms with van der Waals surface area (Å²) in [4.78, 5) is 38.1. The molecule has 0 bridgehead atoms. The van der Waals surface area contributed by atoms with Gasteiger partial charge in [0.15, 0.2) is 0 Å². The molecule has 2 aromatic rings. The lowest BCUT2D eigenvalue weighted by Gasteiger charge is -2.15. The average molecular weight is 492 g/mol. The summed E-state index contributed by atoms with van der Waals surface area (Å²) >= 11 is 2.07. The van der Waals surface area contributed by atoms with Crippen molar-refractivity contribution in [1.82, 2.24) is 10.2 Å². The minimum Gasteiger partial charge on any atom is -0.460 e. The first kappa shape index (κ1) is 20.3. The van der Waals surface area contributed by atoms with Crippen LogP contribution in [0.5, 0.6) is 0 Å². The summed E-state index contributed by atoms with van der Waals surface area (Å²) in [7, 11) is 0. The number of benzene rings is 2. The van der Waals surface area contributed by atoms with Crippen LogP contribution < -0.4 is 5.32 Å². The number of nitrogens with one attached hydrogen (secondary N) is 1. The third-order valence-corrected chi connectivity index (χ3v) is 5.45. The molecule has 0 atom stereocenters. The molecule has 1 aliphatic rings. The highest BCUT2D eigenvalue weighted by Crippen LogP contribution is 2.14. The van der Waals surface area contributed by atoms with Gasteiger partial charge in [-0.05, 0) is 65.3 Å². The van der Waals surface area contributed by atoms with Gasteiger partial charge in [-0.3, -0.25) is 14.4 Å². The molecule has 2 aromatic carbocycles. The maximum atomic E-state index is 12.3. The Labute approximate surface area is 177 Å². The van der Waals surface area contributed by atoms with Crippen LogP contribution >= 0.6 is 22.6 Å². The zero-order valence-corrected chi connectivity index (χ0v) is 17.5. The predicted molar refractivity (Wildman–Crippen MR) is 113 cm³/mol. The highest BCUT2D eigenvalue weighted by atomic mass is 127. The number of carbonyl (C=O) groups is 3. The van der Waals surface area contributed by atoms with Gasteiger partial charge in [-0.1, -0.05) is 24.3 Å². The summed E-state index contributed by atoms with van der Waals surface area (Å²) in [6.07, 6.45) is 2.11. The summed E-state index contributed by atoms with van der Waals surface area (Å²) in [6.45, 7) is 1.52. The molecule has 1 aliphatic heterocycles. The van der Waals surface area contributed by atoms with Crippen molar-refractivity contribution >= 4 is 40.4 Å². The van der Waals surface area contributed by atoms with E-state index in [4.69, 9.17) is 4.74 Å². The molecule has 28 heavy (non-hydrogen) atoms. The van der Waals surface area contributed by atoms with Crippen molar-refractivity contribution in [3.8, 4) is 0 Å².